The lowest BCUT2D eigenvalue weighted by molar-refractivity contribution is 0.0696. The molecule has 0 saturated carbocycles. The van der Waals surface area contributed by atoms with Gasteiger partial charge in [0.2, 0.25) is 0 Å². The zero-order chi connectivity index (χ0) is 14.5. The van der Waals surface area contributed by atoms with Gasteiger partial charge in [0.1, 0.15) is 6.61 Å². The fourth-order valence-corrected chi connectivity index (χ4v) is 2.00. The van der Waals surface area contributed by atoms with Crippen molar-refractivity contribution in [3.05, 3.63) is 42.0 Å². The maximum absolute atomic E-state index is 11.8. The first-order valence-corrected chi connectivity index (χ1v) is 6.24. The molecule has 1 aliphatic heterocycles. The number of aromatic carboxylic acids is 1. The third kappa shape index (κ3) is 3.09. The summed E-state index contributed by atoms with van der Waals surface area (Å²) in [6.07, 6.45) is 1.11. The molecule has 0 bridgehead atoms. The van der Waals surface area contributed by atoms with E-state index in [0.717, 1.165) is 11.3 Å². The molecule has 6 nitrogen and oxygen atoms in total. The highest BCUT2D eigenvalue weighted by Crippen LogP contribution is 2.22. The van der Waals surface area contributed by atoms with Crippen molar-refractivity contribution in [2.24, 2.45) is 0 Å². The summed E-state index contributed by atoms with van der Waals surface area (Å²) in [7, 11) is 0. The van der Waals surface area contributed by atoms with Gasteiger partial charge in [-0.1, -0.05) is 18.7 Å². The smallest absolute Gasteiger partial charge is 0.410 e. The average Bonchev–Trinajstić information content (AvgIpc) is 2.65. The van der Waals surface area contributed by atoms with Gasteiger partial charge in [0.05, 0.1) is 12.1 Å². The van der Waals surface area contributed by atoms with E-state index in [1.807, 2.05) is 0 Å². The van der Waals surface area contributed by atoms with Crippen LogP contribution < -0.4 is 5.32 Å². The minimum Gasteiger partial charge on any atom is -0.478 e. The number of carboxylic acid groups (broad SMARTS) is 1. The zero-order valence-electron chi connectivity index (χ0n) is 11.0. The first-order valence-electron chi connectivity index (χ1n) is 6.24. The lowest BCUT2D eigenvalue weighted by atomic mass is 10.1. The lowest BCUT2D eigenvalue weighted by Gasteiger charge is -2.19. The molecule has 0 radical (unpaired) electrons. The Morgan fingerprint density at radius 1 is 1.50 bits per heavy atom. The number of fused-ring (bicyclic) bond motifs is 1. The van der Waals surface area contributed by atoms with Crippen molar-refractivity contribution in [2.75, 3.05) is 25.0 Å². The van der Waals surface area contributed by atoms with Crippen LogP contribution in [0.15, 0.2) is 30.9 Å². The Bertz CT molecular complexity index is 542. The molecule has 0 saturated heterocycles. The van der Waals surface area contributed by atoms with Crippen LogP contribution in [-0.2, 0) is 11.3 Å². The average molecular weight is 276 g/mol. The maximum Gasteiger partial charge on any atom is 0.410 e. The summed E-state index contributed by atoms with van der Waals surface area (Å²) in [4.78, 5) is 24.3. The molecule has 2 N–H and O–H groups in total. The van der Waals surface area contributed by atoms with E-state index >= 15 is 0 Å². The van der Waals surface area contributed by atoms with Gasteiger partial charge in [0.25, 0.3) is 0 Å². The normalized spacial score (nSPS) is 13.7. The number of carboxylic acids is 1. The molecule has 1 aliphatic rings. The van der Waals surface area contributed by atoms with Crippen molar-refractivity contribution >= 4 is 17.7 Å². The summed E-state index contributed by atoms with van der Waals surface area (Å²) in [6.45, 7) is 5.09. The number of hydrogen-bond donors (Lipinski definition) is 2. The molecule has 1 heterocycles. The summed E-state index contributed by atoms with van der Waals surface area (Å²) in [5, 5.41) is 12.1. The van der Waals surface area contributed by atoms with E-state index in [1.165, 1.54) is 12.1 Å². The van der Waals surface area contributed by atoms with Crippen molar-refractivity contribution in [1.29, 1.82) is 0 Å². The van der Waals surface area contributed by atoms with E-state index in [0.29, 0.717) is 19.6 Å². The molecule has 0 unspecified atom stereocenters. The molecule has 0 fully saturated rings. The van der Waals surface area contributed by atoms with Gasteiger partial charge < -0.3 is 20.1 Å². The first kappa shape index (κ1) is 13.9. The third-order valence-electron chi connectivity index (χ3n) is 3.00. The summed E-state index contributed by atoms with van der Waals surface area (Å²) >= 11 is 0. The highest BCUT2D eigenvalue weighted by atomic mass is 16.6. The van der Waals surface area contributed by atoms with E-state index < -0.39 is 12.1 Å². The van der Waals surface area contributed by atoms with Crippen molar-refractivity contribution in [3.63, 3.8) is 0 Å². The molecular weight excluding hydrogens is 260 g/mol. The number of carbonyl (C=O) groups excluding carboxylic acids is 1. The van der Waals surface area contributed by atoms with E-state index in [9.17, 15) is 9.59 Å². The van der Waals surface area contributed by atoms with Gasteiger partial charge in [-0.2, -0.15) is 0 Å². The summed E-state index contributed by atoms with van der Waals surface area (Å²) in [5.74, 6) is -0.971. The molecule has 0 spiro atoms. The highest BCUT2D eigenvalue weighted by Gasteiger charge is 2.20. The van der Waals surface area contributed by atoms with E-state index in [2.05, 4.69) is 11.9 Å². The number of rotatable bonds is 3. The quantitative estimate of drug-likeness (QED) is 0.825. The maximum atomic E-state index is 11.8. The van der Waals surface area contributed by atoms with Crippen LogP contribution in [0.2, 0.25) is 0 Å². The number of hydrogen-bond acceptors (Lipinski definition) is 4. The van der Waals surface area contributed by atoms with Gasteiger partial charge in [0, 0.05) is 18.8 Å². The zero-order valence-corrected chi connectivity index (χ0v) is 11.0. The largest absolute Gasteiger partial charge is 0.478 e. The first-order chi connectivity index (χ1) is 9.61. The Labute approximate surface area is 116 Å². The van der Waals surface area contributed by atoms with Crippen LogP contribution in [-0.4, -0.2) is 41.8 Å². The topological polar surface area (TPSA) is 78.9 Å². The highest BCUT2D eigenvalue weighted by molar-refractivity contribution is 5.89. The predicted octanol–water partition coefficient (Wildman–Crippen LogP) is 1.93. The Morgan fingerprint density at radius 3 is 3.00 bits per heavy atom. The second-order valence-electron chi connectivity index (χ2n) is 4.39. The van der Waals surface area contributed by atoms with E-state index in [-0.39, 0.29) is 12.2 Å². The fourth-order valence-electron chi connectivity index (χ4n) is 2.00. The Morgan fingerprint density at radius 2 is 2.30 bits per heavy atom. The van der Waals surface area contributed by atoms with Crippen LogP contribution >= 0.6 is 0 Å². The minimum absolute atomic E-state index is 0.174. The molecule has 2 rings (SSSR count). The Hall–Kier alpha value is -2.50. The molecule has 1 aromatic carbocycles. The molecular formula is C14H16N2O4. The van der Waals surface area contributed by atoms with Crippen LogP contribution in [0.3, 0.4) is 0 Å². The van der Waals surface area contributed by atoms with Gasteiger partial charge in [-0.25, -0.2) is 9.59 Å². The Balaban J connectivity index is 2.16. The molecule has 106 valence electrons. The number of carbonyl (C=O) groups is 2. The molecule has 1 aromatic rings. The summed E-state index contributed by atoms with van der Waals surface area (Å²) in [6, 6.07) is 4.82. The van der Waals surface area contributed by atoms with Crippen LogP contribution in [0.25, 0.3) is 0 Å². The number of nitrogens with one attached hydrogen (secondary N) is 1. The van der Waals surface area contributed by atoms with Gasteiger partial charge in [-0.3, -0.25) is 0 Å². The molecule has 0 aliphatic carbocycles. The number of amides is 1. The minimum atomic E-state index is -0.971. The van der Waals surface area contributed by atoms with Gasteiger partial charge in [-0.15, -0.1) is 0 Å². The number of ether oxygens (including phenoxy) is 1. The van der Waals surface area contributed by atoms with Gasteiger partial charge in [-0.05, 0) is 17.7 Å². The number of anilines is 1. The number of nitrogens with zero attached hydrogens (tertiary/aromatic N) is 1. The Kier molecular flexibility index (Phi) is 4.24. The molecule has 20 heavy (non-hydrogen) atoms. The van der Waals surface area contributed by atoms with Crippen molar-refractivity contribution in [3.8, 4) is 0 Å². The summed E-state index contributed by atoms with van der Waals surface area (Å²) in [5.41, 5.74) is 1.82. The second-order valence-corrected chi connectivity index (χ2v) is 4.39. The molecule has 6 heteroatoms. The lowest BCUT2D eigenvalue weighted by Crippen LogP contribution is -2.33. The van der Waals surface area contributed by atoms with Crippen molar-refractivity contribution < 1.29 is 19.4 Å². The molecule has 0 aromatic heterocycles. The van der Waals surface area contributed by atoms with Crippen molar-refractivity contribution in [2.45, 2.75) is 6.54 Å². The van der Waals surface area contributed by atoms with Gasteiger partial charge in [0.15, 0.2) is 0 Å². The summed E-state index contributed by atoms with van der Waals surface area (Å²) < 4.78 is 5.01. The number of benzene rings is 1. The SMILES string of the molecule is C=CCOC(=O)N1CCNc2cc(C(=O)O)ccc2C1. The van der Waals surface area contributed by atoms with Crippen LogP contribution in [0.5, 0.6) is 0 Å². The fraction of sp³-hybridized carbons (Fsp3) is 0.286. The molecule has 0 atom stereocenters. The molecule has 1 amide bonds. The second kappa shape index (κ2) is 6.10. The van der Waals surface area contributed by atoms with Gasteiger partial charge >= 0.3 is 12.1 Å². The van der Waals surface area contributed by atoms with Crippen molar-refractivity contribution in [1.82, 2.24) is 4.90 Å². The van der Waals surface area contributed by atoms with Crippen LogP contribution in [0.4, 0.5) is 10.5 Å². The van der Waals surface area contributed by atoms with E-state index in [1.54, 1.807) is 17.0 Å². The predicted molar refractivity (Wildman–Crippen MR) is 73.8 cm³/mol. The monoisotopic (exact) mass is 276 g/mol. The van der Waals surface area contributed by atoms with Crippen LogP contribution in [0, 0.1) is 0 Å². The third-order valence-corrected chi connectivity index (χ3v) is 3.00. The van der Waals surface area contributed by atoms with E-state index in [4.69, 9.17) is 9.84 Å². The van der Waals surface area contributed by atoms with Crippen LogP contribution in [0.1, 0.15) is 15.9 Å². The standard InChI is InChI=1S/C14H16N2O4/c1-2-7-20-14(19)16-6-5-15-12-8-10(13(17)18)3-4-11(12)9-16/h2-4,8,15H,1,5-7,9H2,(H,17,18).